The van der Waals surface area contributed by atoms with Crippen molar-refractivity contribution in [3.63, 3.8) is 0 Å². The van der Waals surface area contributed by atoms with E-state index < -0.39 is 22.2 Å². The third-order valence-corrected chi connectivity index (χ3v) is 7.12. The maximum atomic E-state index is 12.8. The minimum Gasteiger partial charge on any atom is -0.465 e. The normalized spacial score (nSPS) is 20.7. The van der Waals surface area contributed by atoms with Crippen LogP contribution in [0.4, 0.5) is 5.69 Å². The average Bonchev–Trinajstić information content (AvgIpc) is 2.78. The molecule has 0 spiro atoms. The summed E-state index contributed by atoms with van der Waals surface area (Å²) in [5, 5.41) is 3.28. The number of hydrogen-bond acceptors (Lipinski definition) is 6. The standard InChI is InChI=1S/C21H23N3O5S/c1-29-21(26)16-8-6-15(7-9-16)20(25)24-12-10-14(11-13-24)19-22-17-4-2-3-5-18(17)30(27,28)23-19/h2-9,14,19,22-23H,10-13H2,1H3/t19-/m0/s1. The van der Waals surface area contributed by atoms with Crippen LogP contribution >= 0.6 is 0 Å². The summed E-state index contributed by atoms with van der Waals surface area (Å²) in [5.41, 5.74) is 1.50. The number of rotatable bonds is 3. The van der Waals surface area contributed by atoms with Crippen LogP contribution in [0.5, 0.6) is 0 Å². The van der Waals surface area contributed by atoms with Gasteiger partial charge in [-0.2, -0.15) is 4.72 Å². The molecule has 4 rings (SSSR count). The number of fused-ring (bicyclic) bond motifs is 1. The van der Waals surface area contributed by atoms with Crippen LogP contribution in [-0.2, 0) is 14.8 Å². The summed E-state index contributed by atoms with van der Waals surface area (Å²) >= 11 is 0. The lowest BCUT2D eigenvalue weighted by Gasteiger charge is -2.38. The highest BCUT2D eigenvalue weighted by Gasteiger charge is 2.35. The van der Waals surface area contributed by atoms with E-state index in [-0.39, 0.29) is 16.7 Å². The Balaban J connectivity index is 1.39. The third-order valence-electron chi connectivity index (χ3n) is 5.62. The second-order valence-corrected chi connectivity index (χ2v) is 9.12. The Morgan fingerprint density at radius 1 is 1.00 bits per heavy atom. The summed E-state index contributed by atoms with van der Waals surface area (Å²) in [6.45, 7) is 1.06. The molecule has 1 saturated heterocycles. The fourth-order valence-electron chi connectivity index (χ4n) is 3.95. The van der Waals surface area contributed by atoms with Crippen molar-refractivity contribution >= 4 is 27.6 Å². The Hall–Kier alpha value is -2.91. The number of sulfonamides is 1. The van der Waals surface area contributed by atoms with Crippen LogP contribution in [0.3, 0.4) is 0 Å². The highest BCUT2D eigenvalue weighted by Crippen LogP contribution is 2.31. The number of esters is 1. The van der Waals surface area contributed by atoms with Crippen molar-refractivity contribution < 1.29 is 22.7 Å². The van der Waals surface area contributed by atoms with E-state index >= 15 is 0 Å². The largest absolute Gasteiger partial charge is 0.465 e. The van der Waals surface area contributed by atoms with Crippen LogP contribution in [-0.4, -0.2) is 51.6 Å². The van der Waals surface area contributed by atoms with E-state index in [1.54, 1.807) is 53.4 Å². The molecule has 2 aliphatic heterocycles. The van der Waals surface area contributed by atoms with Gasteiger partial charge in [-0.3, -0.25) is 4.79 Å². The topological polar surface area (TPSA) is 105 Å². The lowest BCUT2D eigenvalue weighted by Crippen LogP contribution is -2.52. The Morgan fingerprint density at radius 3 is 2.30 bits per heavy atom. The van der Waals surface area contributed by atoms with Gasteiger partial charge in [0.25, 0.3) is 5.91 Å². The number of anilines is 1. The number of ether oxygens (including phenoxy) is 1. The van der Waals surface area contributed by atoms with Crippen molar-refractivity contribution in [2.75, 3.05) is 25.5 Å². The molecule has 0 radical (unpaired) electrons. The molecule has 2 aliphatic rings. The number of piperidine rings is 1. The number of para-hydroxylation sites is 1. The smallest absolute Gasteiger partial charge is 0.337 e. The van der Waals surface area contributed by atoms with Crippen molar-refractivity contribution in [1.82, 2.24) is 9.62 Å². The molecule has 1 atom stereocenters. The maximum Gasteiger partial charge on any atom is 0.337 e. The first-order valence-corrected chi connectivity index (χ1v) is 11.2. The molecule has 2 N–H and O–H groups in total. The number of likely N-dealkylation sites (tertiary alicyclic amines) is 1. The Morgan fingerprint density at radius 2 is 1.63 bits per heavy atom. The summed E-state index contributed by atoms with van der Waals surface area (Å²) in [7, 11) is -2.25. The first-order valence-electron chi connectivity index (χ1n) is 9.74. The van der Waals surface area contributed by atoms with Crippen LogP contribution in [0.2, 0.25) is 0 Å². The molecule has 0 saturated carbocycles. The van der Waals surface area contributed by atoms with Gasteiger partial charge in [-0.1, -0.05) is 12.1 Å². The van der Waals surface area contributed by atoms with Crippen molar-refractivity contribution in [2.24, 2.45) is 5.92 Å². The quantitative estimate of drug-likeness (QED) is 0.724. The average molecular weight is 429 g/mol. The Kier molecular flexibility index (Phi) is 5.48. The van der Waals surface area contributed by atoms with Gasteiger partial charge in [0, 0.05) is 18.7 Å². The summed E-state index contributed by atoms with van der Waals surface area (Å²) in [5.74, 6) is -0.481. The number of nitrogens with one attached hydrogen (secondary N) is 2. The predicted octanol–water partition coefficient (Wildman–Crippen LogP) is 2.06. The van der Waals surface area contributed by atoms with Crippen LogP contribution in [0, 0.1) is 5.92 Å². The zero-order valence-corrected chi connectivity index (χ0v) is 17.3. The van der Waals surface area contributed by atoms with Gasteiger partial charge in [-0.25, -0.2) is 13.2 Å². The van der Waals surface area contributed by atoms with E-state index in [0.29, 0.717) is 42.7 Å². The van der Waals surface area contributed by atoms with Crippen LogP contribution in [0.1, 0.15) is 33.6 Å². The van der Waals surface area contributed by atoms with Gasteiger partial charge in [0.2, 0.25) is 10.0 Å². The predicted molar refractivity (Wildman–Crippen MR) is 111 cm³/mol. The fraction of sp³-hybridized carbons (Fsp3) is 0.333. The van der Waals surface area contributed by atoms with Crippen molar-refractivity contribution in [3.05, 3.63) is 59.7 Å². The van der Waals surface area contributed by atoms with Crippen molar-refractivity contribution in [2.45, 2.75) is 23.9 Å². The lowest BCUT2D eigenvalue weighted by molar-refractivity contribution is 0.0599. The molecule has 8 nitrogen and oxygen atoms in total. The molecule has 30 heavy (non-hydrogen) atoms. The van der Waals surface area contributed by atoms with Gasteiger partial charge < -0.3 is 15.0 Å². The van der Waals surface area contributed by atoms with Crippen LogP contribution < -0.4 is 10.0 Å². The van der Waals surface area contributed by atoms with Crippen LogP contribution in [0.15, 0.2) is 53.4 Å². The maximum absolute atomic E-state index is 12.8. The second-order valence-electron chi connectivity index (χ2n) is 7.44. The molecule has 1 amide bonds. The molecule has 2 heterocycles. The number of amides is 1. The Bertz CT molecular complexity index is 1060. The highest BCUT2D eigenvalue weighted by molar-refractivity contribution is 7.89. The number of carbonyl (C=O) groups is 2. The van der Waals surface area contributed by atoms with Gasteiger partial charge >= 0.3 is 5.97 Å². The zero-order chi connectivity index (χ0) is 21.3. The van der Waals surface area contributed by atoms with Crippen molar-refractivity contribution in [3.8, 4) is 0 Å². The monoisotopic (exact) mass is 429 g/mol. The molecular formula is C21H23N3O5S. The van der Waals surface area contributed by atoms with E-state index in [1.807, 2.05) is 0 Å². The third kappa shape index (κ3) is 3.90. The van der Waals surface area contributed by atoms with Crippen molar-refractivity contribution in [1.29, 1.82) is 0 Å². The summed E-state index contributed by atoms with van der Waals surface area (Å²) in [4.78, 5) is 26.3. The van der Waals surface area contributed by atoms with E-state index in [2.05, 4.69) is 14.8 Å². The zero-order valence-electron chi connectivity index (χ0n) is 16.5. The summed E-state index contributed by atoms with van der Waals surface area (Å²) < 4.78 is 32.5. The SMILES string of the molecule is COC(=O)c1ccc(C(=O)N2CCC([C@H]3Nc4ccccc4S(=O)(=O)N3)CC2)cc1. The van der Waals surface area contributed by atoms with Gasteiger partial charge in [0.15, 0.2) is 0 Å². The molecule has 0 aliphatic carbocycles. The van der Waals surface area contributed by atoms with Gasteiger partial charge in [0.1, 0.15) is 4.90 Å². The number of carbonyl (C=O) groups excluding carboxylic acids is 2. The molecule has 158 valence electrons. The number of hydrogen-bond donors (Lipinski definition) is 2. The van der Waals surface area contributed by atoms with Gasteiger partial charge in [0.05, 0.1) is 24.5 Å². The molecule has 9 heteroatoms. The number of nitrogens with zero attached hydrogens (tertiary/aromatic N) is 1. The van der Waals surface area contributed by atoms with Gasteiger partial charge in [-0.15, -0.1) is 0 Å². The molecule has 1 fully saturated rings. The second kappa shape index (κ2) is 8.08. The molecular weight excluding hydrogens is 406 g/mol. The lowest BCUT2D eigenvalue weighted by atomic mass is 9.93. The Labute approximate surface area is 175 Å². The molecule has 0 aromatic heterocycles. The van der Waals surface area contributed by atoms with E-state index in [0.717, 1.165) is 0 Å². The first kappa shape index (κ1) is 20.4. The molecule has 2 aromatic carbocycles. The van der Waals surface area contributed by atoms with Gasteiger partial charge in [-0.05, 0) is 55.2 Å². The fourth-order valence-corrected chi connectivity index (χ4v) is 5.33. The molecule has 0 unspecified atom stereocenters. The summed E-state index contributed by atoms with van der Waals surface area (Å²) in [6, 6.07) is 13.2. The van der Waals surface area contributed by atoms with E-state index in [1.165, 1.54) is 7.11 Å². The highest BCUT2D eigenvalue weighted by atomic mass is 32.2. The minimum absolute atomic E-state index is 0.0684. The number of benzene rings is 2. The molecule has 0 bridgehead atoms. The minimum atomic E-state index is -3.56. The number of methoxy groups -OCH3 is 1. The van der Waals surface area contributed by atoms with Crippen LogP contribution in [0.25, 0.3) is 0 Å². The van der Waals surface area contributed by atoms with E-state index in [4.69, 9.17) is 0 Å². The first-order chi connectivity index (χ1) is 14.4. The molecule has 2 aromatic rings. The summed E-state index contributed by atoms with van der Waals surface area (Å²) in [6.07, 6.45) is 0.948. The van der Waals surface area contributed by atoms with E-state index in [9.17, 15) is 18.0 Å².